The van der Waals surface area contributed by atoms with Gasteiger partial charge in [-0.15, -0.1) is 0 Å². The quantitative estimate of drug-likeness (QED) is 0.896. The minimum Gasteiger partial charge on any atom is -0.478 e. The highest BCUT2D eigenvalue weighted by Crippen LogP contribution is 2.32. The van der Waals surface area contributed by atoms with Crippen LogP contribution >= 0.6 is 0 Å². The fraction of sp³-hybridized carbons (Fsp3) is 0.333. The summed E-state index contributed by atoms with van der Waals surface area (Å²) in [7, 11) is -1.29. The zero-order chi connectivity index (χ0) is 17.9. The van der Waals surface area contributed by atoms with Gasteiger partial charge in [0, 0.05) is 45.2 Å². The summed E-state index contributed by atoms with van der Waals surface area (Å²) < 4.78 is 26.7. The van der Waals surface area contributed by atoms with Gasteiger partial charge in [0.15, 0.2) is 0 Å². The minimum absolute atomic E-state index is 0.0515. The molecule has 0 aliphatic carbocycles. The molecule has 0 aliphatic heterocycles. The number of hydrogen-bond acceptors (Lipinski definition) is 3. The summed E-state index contributed by atoms with van der Waals surface area (Å²) in [5, 5.41) is 9.42. The second kappa shape index (κ2) is 7.21. The molecule has 6 heteroatoms. The fourth-order valence-electron chi connectivity index (χ4n) is 2.41. The Bertz CT molecular complexity index is 757. The number of aromatic nitrogens is 1. The standard InChI is InChI=1S/C18H20FNO3S/c1-18(2,3)24(23)11-14(12-6-5-9-20-10-12)16-13(17(21)22)7-4-8-15(16)19/h4-10,14H,11H2,1-3H3,(H,21,22). The van der Waals surface area contributed by atoms with E-state index in [2.05, 4.69) is 4.98 Å². The molecule has 0 saturated heterocycles. The number of carboxylic acid groups (broad SMARTS) is 1. The van der Waals surface area contributed by atoms with Crippen LogP contribution in [0.3, 0.4) is 0 Å². The third-order valence-corrected chi connectivity index (χ3v) is 5.72. The van der Waals surface area contributed by atoms with Gasteiger partial charge in [0.1, 0.15) is 5.82 Å². The van der Waals surface area contributed by atoms with Gasteiger partial charge in [-0.3, -0.25) is 9.19 Å². The van der Waals surface area contributed by atoms with E-state index in [4.69, 9.17) is 0 Å². The van der Waals surface area contributed by atoms with Crippen molar-refractivity contribution in [3.8, 4) is 0 Å². The Hall–Kier alpha value is -2.08. The van der Waals surface area contributed by atoms with Gasteiger partial charge in [-0.2, -0.15) is 0 Å². The number of aromatic carboxylic acids is 1. The van der Waals surface area contributed by atoms with Gasteiger partial charge >= 0.3 is 5.97 Å². The smallest absolute Gasteiger partial charge is 0.336 e. The maximum Gasteiger partial charge on any atom is 0.336 e. The van der Waals surface area contributed by atoms with Crippen LogP contribution in [0.5, 0.6) is 0 Å². The summed E-state index contributed by atoms with van der Waals surface area (Å²) in [6, 6.07) is 7.40. The number of pyridine rings is 1. The van der Waals surface area contributed by atoms with Crippen LogP contribution < -0.4 is 0 Å². The van der Waals surface area contributed by atoms with E-state index in [1.807, 2.05) is 20.8 Å². The van der Waals surface area contributed by atoms with Crippen molar-refractivity contribution in [1.82, 2.24) is 4.98 Å². The van der Waals surface area contributed by atoms with Crippen molar-refractivity contribution in [2.75, 3.05) is 5.75 Å². The highest BCUT2D eigenvalue weighted by atomic mass is 32.2. The zero-order valence-corrected chi connectivity index (χ0v) is 14.6. The highest BCUT2D eigenvalue weighted by molar-refractivity contribution is 7.86. The lowest BCUT2D eigenvalue weighted by Crippen LogP contribution is -2.28. The summed E-state index contributed by atoms with van der Waals surface area (Å²) >= 11 is 0. The van der Waals surface area contributed by atoms with Crippen molar-refractivity contribution in [1.29, 1.82) is 0 Å². The number of nitrogens with zero attached hydrogens (tertiary/aromatic N) is 1. The number of hydrogen-bond donors (Lipinski definition) is 1. The molecule has 2 rings (SSSR count). The van der Waals surface area contributed by atoms with E-state index in [-0.39, 0.29) is 16.9 Å². The lowest BCUT2D eigenvalue weighted by molar-refractivity contribution is 0.0694. The summed E-state index contributed by atoms with van der Waals surface area (Å²) in [5.74, 6) is -2.35. The summed E-state index contributed by atoms with van der Waals surface area (Å²) in [5.41, 5.74) is 0.577. The molecule has 2 unspecified atom stereocenters. The second-order valence-corrected chi connectivity index (χ2v) is 8.72. The predicted octanol–water partition coefficient (Wildman–Crippen LogP) is 3.60. The Labute approximate surface area is 143 Å². The summed E-state index contributed by atoms with van der Waals surface area (Å²) in [6.45, 7) is 5.51. The average molecular weight is 349 g/mol. The van der Waals surface area contributed by atoms with Gasteiger partial charge in [-0.05, 0) is 44.5 Å². The van der Waals surface area contributed by atoms with Crippen LogP contribution in [0.4, 0.5) is 4.39 Å². The molecule has 0 radical (unpaired) electrons. The second-order valence-electron chi connectivity index (χ2n) is 6.47. The zero-order valence-electron chi connectivity index (χ0n) is 13.8. The van der Waals surface area contributed by atoms with Gasteiger partial charge in [0.25, 0.3) is 0 Å². The maximum atomic E-state index is 14.5. The Morgan fingerprint density at radius 3 is 2.54 bits per heavy atom. The Morgan fingerprint density at radius 2 is 2.00 bits per heavy atom. The predicted molar refractivity (Wildman–Crippen MR) is 92.2 cm³/mol. The lowest BCUT2D eigenvalue weighted by atomic mass is 9.90. The van der Waals surface area contributed by atoms with E-state index in [0.29, 0.717) is 5.56 Å². The molecule has 24 heavy (non-hydrogen) atoms. The normalized spacial score (nSPS) is 14.2. The van der Waals surface area contributed by atoms with Crippen LogP contribution in [-0.4, -0.2) is 30.8 Å². The molecule has 0 aliphatic rings. The summed E-state index contributed by atoms with van der Waals surface area (Å²) in [6.07, 6.45) is 3.14. The average Bonchev–Trinajstić information content (AvgIpc) is 2.52. The SMILES string of the molecule is CC(C)(C)S(=O)CC(c1cccnc1)c1c(F)cccc1C(=O)O. The van der Waals surface area contributed by atoms with Crippen molar-refractivity contribution < 1.29 is 18.5 Å². The van der Waals surface area contributed by atoms with Crippen LogP contribution in [0.2, 0.25) is 0 Å². The van der Waals surface area contributed by atoms with Crippen molar-refractivity contribution in [2.45, 2.75) is 31.4 Å². The van der Waals surface area contributed by atoms with Gasteiger partial charge in [-0.1, -0.05) is 12.1 Å². The van der Waals surface area contributed by atoms with E-state index in [0.717, 1.165) is 0 Å². The monoisotopic (exact) mass is 349 g/mol. The van der Waals surface area contributed by atoms with Crippen molar-refractivity contribution in [2.24, 2.45) is 0 Å². The summed E-state index contributed by atoms with van der Waals surface area (Å²) in [4.78, 5) is 15.6. The molecule has 0 bridgehead atoms. The molecule has 0 fully saturated rings. The molecule has 1 aromatic heterocycles. The molecule has 1 N–H and O–H groups in total. The molecule has 4 nitrogen and oxygen atoms in total. The van der Waals surface area contributed by atoms with Gasteiger partial charge in [0.2, 0.25) is 0 Å². The Morgan fingerprint density at radius 1 is 1.29 bits per heavy atom. The molecular weight excluding hydrogens is 329 g/mol. The van der Waals surface area contributed by atoms with E-state index in [1.54, 1.807) is 24.5 Å². The van der Waals surface area contributed by atoms with E-state index in [9.17, 15) is 18.5 Å². The number of carbonyl (C=O) groups is 1. The van der Waals surface area contributed by atoms with Crippen molar-refractivity contribution in [3.63, 3.8) is 0 Å². The minimum atomic E-state index is -1.29. The first kappa shape index (κ1) is 18.3. The first-order chi connectivity index (χ1) is 11.2. The molecule has 2 aromatic rings. The first-order valence-electron chi connectivity index (χ1n) is 7.52. The van der Waals surface area contributed by atoms with Gasteiger partial charge < -0.3 is 5.11 Å². The lowest BCUT2D eigenvalue weighted by Gasteiger charge is -2.24. The van der Waals surface area contributed by atoms with E-state index < -0.39 is 33.3 Å². The Kier molecular flexibility index (Phi) is 5.49. The fourth-order valence-corrected chi connectivity index (χ4v) is 3.57. The Balaban J connectivity index is 2.60. The molecular formula is C18H20FNO3S. The highest BCUT2D eigenvalue weighted by Gasteiger charge is 2.30. The third kappa shape index (κ3) is 4.06. The largest absolute Gasteiger partial charge is 0.478 e. The van der Waals surface area contributed by atoms with Crippen LogP contribution in [0, 0.1) is 5.82 Å². The van der Waals surface area contributed by atoms with Crippen molar-refractivity contribution >= 4 is 16.8 Å². The topological polar surface area (TPSA) is 67.3 Å². The van der Waals surface area contributed by atoms with Gasteiger partial charge in [-0.25, -0.2) is 9.18 Å². The molecule has 0 spiro atoms. The maximum absolute atomic E-state index is 14.5. The number of halogens is 1. The van der Waals surface area contributed by atoms with Crippen LogP contribution in [0.15, 0.2) is 42.7 Å². The molecule has 1 aromatic carbocycles. The van der Waals surface area contributed by atoms with Gasteiger partial charge in [0.05, 0.1) is 5.56 Å². The number of benzene rings is 1. The molecule has 2 atom stereocenters. The van der Waals surface area contributed by atoms with E-state index >= 15 is 0 Å². The number of rotatable bonds is 5. The molecule has 128 valence electrons. The molecule has 1 heterocycles. The van der Waals surface area contributed by atoms with E-state index in [1.165, 1.54) is 18.2 Å². The van der Waals surface area contributed by atoms with Crippen LogP contribution in [0.25, 0.3) is 0 Å². The van der Waals surface area contributed by atoms with Crippen LogP contribution in [-0.2, 0) is 10.8 Å². The van der Waals surface area contributed by atoms with Crippen LogP contribution in [0.1, 0.15) is 48.2 Å². The van der Waals surface area contributed by atoms with Crippen molar-refractivity contribution in [3.05, 3.63) is 65.2 Å². The number of carboxylic acids is 1. The molecule has 0 saturated carbocycles. The molecule has 0 amide bonds. The first-order valence-corrected chi connectivity index (χ1v) is 8.84. The third-order valence-electron chi connectivity index (χ3n) is 3.72.